The molecule has 1 aliphatic rings. The van der Waals surface area contributed by atoms with Gasteiger partial charge in [-0.2, -0.15) is 0 Å². The molecule has 8 nitrogen and oxygen atoms in total. The van der Waals surface area contributed by atoms with Gasteiger partial charge < -0.3 is 18.2 Å². The topological polar surface area (TPSA) is 105 Å². The molecule has 0 N–H and O–H groups in total. The molecule has 0 spiro atoms. The first-order valence-electron chi connectivity index (χ1n) is 9.70. The third kappa shape index (κ3) is 3.43. The molecular formula is C22H20NO7P. The Morgan fingerprint density at radius 3 is 2.26 bits per heavy atom. The smallest absolute Gasteiger partial charge is 0.366 e. The van der Waals surface area contributed by atoms with Crippen LogP contribution in [-0.4, -0.2) is 36.9 Å². The molecule has 0 atom stereocenters. The zero-order valence-corrected chi connectivity index (χ0v) is 18.1. The number of fused-ring (bicyclic) bond motifs is 2. The summed E-state index contributed by atoms with van der Waals surface area (Å²) in [7, 11) is -2.47. The summed E-state index contributed by atoms with van der Waals surface area (Å²) >= 11 is 0. The van der Waals surface area contributed by atoms with E-state index in [1.807, 2.05) is 0 Å². The summed E-state index contributed by atoms with van der Waals surface area (Å²) in [6, 6.07) is 9.79. The van der Waals surface area contributed by atoms with E-state index in [0.717, 1.165) is 0 Å². The third-order valence-corrected chi connectivity index (χ3v) is 6.98. The summed E-state index contributed by atoms with van der Waals surface area (Å²) in [5.41, 5.74) is 0.483. The number of hydrogen-bond acceptors (Lipinski definition) is 8. The fourth-order valence-corrected chi connectivity index (χ4v) is 5.42. The summed E-state index contributed by atoms with van der Waals surface area (Å²) in [5, 5.41) is -0.0516. The van der Waals surface area contributed by atoms with E-state index in [9.17, 15) is 14.2 Å². The lowest BCUT2D eigenvalue weighted by Crippen LogP contribution is -2.26. The predicted octanol–water partition coefficient (Wildman–Crippen LogP) is 4.02. The Bertz CT molecular complexity index is 1200. The first-order valence-corrected chi connectivity index (χ1v) is 11.2. The first-order chi connectivity index (χ1) is 14.9. The Kier molecular flexibility index (Phi) is 5.62. The van der Waals surface area contributed by atoms with E-state index in [0.29, 0.717) is 11.3 Å². The van der Waals surface area contributed by atoms with Crippen LogP contribution < -0.4 is 10.0 Å². The van der Waals surface area contributed by atoms with Gasteiger partial charge in [-0.25, -0.2) is 0 Å². The maximum Gasteiger partial charge on any atom is 0.366 e. The molecular weight excluding hydrogens is 421 g/mol. The molecule has 2 aromatic heterocycles. The largest absolute Gasteiger partial charge is 0.497 e. The van der Waals surface area contributed by atoms with E-state index < -0.39 is 19.2 Å². The Hall–Kier alpha value is -3.06. The van der Waals surface area contributed by atoms with Crippen LogP contribution in [0, 0.1) is 0 Å². The van der Waals surface area contributed by atoms with Crippen LogP contribution >= 0.6 is 7.60 Å². The maximum absolute atomic E-state index is 13.8. The van der Waals surface area contributed by atoms with Crippen molar-refractivity contribution in [3.05, 3.63) is 65.2 Å². The second-order valence-corrected chi connectivity index (χ2v) is 8.56. The number of ether oxygens (including phenoxy) is 1. The molecule has 0 radical (unpaired) electrons. The van der Waals surface area contributed by atoms with Gasteiger partial charge in [-0.1, -0.05) is 0 Å². The summed E-state index contributed by atoms with van der Waals surface area (Å²) in [5.74, 6) is -0.631. The van der Waals surface area contributed by atoms with Crippen LogP contribution in [0.3, 0.4) is 0 Å². The van der Waals surface area contributed by atoms with Gasteiger partial charge in [-0.15, -0.1) is 0 Å². The molecule has 0 fully saturated rings. The van der Waals surface area contributed by atoms with E-state index >= 15 is 0 Å². The van der Waals surface area contributed by atoms with Gasteiger partial charge in [0.25, 0.3) is 0 Å². The van der Waals surface area contributed by atoms with Crippen molar-refractivity contribution in [3.8, 4) is 17.1 Å². The van der Waals surface area contributed by atoms with Crippen LogP contribution in [-0.2, 0) is 13.6 Å². The zero-order chi connectivity index (χ0) is 22.2. The lowest BCUT2D eigenvalue weighted by Gasteiger charge is -2.19. The highest BCUT2D eigenvalue weighted by atomic mass is 31.2. The van der Waals surface area contributed by atoms with Crippen LogP contribution in [0.25, 0.3) is 11.3 Å². The SMILES string of the molecule is CCOP(=O)(OCC)c1c(-c2ccc(OC)cc2)oc2c1C(=O)c1cccnc1C2=O. The number of nitrogens with zero attached hydrogens (tertiary/aromatic N) is 1. The summed E-state index contributed by atoms with van der Waals surface area (Å²) < 4.78 is 36.0. The van der Waals surface area contributed by atoms with Gasteiger partial charge in [0, 0.05) is 11.8 Å². The van der Waals surface area contributed by atoms with Gasteiger partial charge in [0.05, 0.1) is 31.5 Å². The standard InChI is InChI=1S/C22H20NO7P/c1-4-28-31(26,29-5-2)22-16-18(24)15-7-6-12-23-17(15)19(25)21(16)30-20(22)13-8-10-14(27-3)11-9-13/h6-12H,4-5H2,1-3H3. The lowest BCUT2D eigenvalue weighted by molar-refractivity contribution is 0.0957. The van der Waals surface area contributed by atoms with Crippen molar-refractivity contribution >= 4 is 24.5 Å². The molecule has 4 rings (SSSR count). The monoisotopic (exact) mass is 441 g/mol. The molecule has 0 unspecified atom stereocenters. The van der Waals surface area contributed by atoms with E-state index in [4.69, 9.17) is 18.2 Å². The van der Waals surface area contributed by atoms with Crippen LogP contribution in [0.2, 0.25) is 0 Å². The number of carbonyl (C=O) groups is 2. The number of methoxy groups -OCH3 is 1. The highest BCUT2D eigenvalue weighted by molar-refractivity contribution is 7.62. The number of benzene rings is 1. The van der Waals surface area contributed by atoms with Gasteiger partial charge in [0.15, 0.2) is 17.3 Å². The van der Waals surface area contributed by atoms with Crippen molar-refractivity contribution < 1.29 is 32.4 Å². The fraction of sp³-hybridized carbons (Fsp3) is 0.227. The van der Waals surface area contributed by atoms with Crippen molar-refractivity contribution in [2.75, 3.05) is 20.3 Å². The lowest BCUT2D eigenvalue weighted by atomic mass is 9.92. The Labute approximate surface area is 178 Å². The molecule has 9 heteroatoms. The number of pyridine rings is 1. The van der Waals surface area contributed by atoms with Gasteiger partial charge in [-0.3, -0.25) is 19.1 Å². The van der Waals surface area contributed by atoms with E-state index in [-0.39, 0.29) is 46.9 Å². The quantitative estimate of drug-likeness (QED) is 0.396. The molecule has 0 saturated carbocycles. The second-order valence-electron chi connectivity index (χ2n) is 6.60. The Morgan fingerprint density at radius 1 is 0.968 bits per heavy atom. The third-order valence-electron chi connectivity index (χ3n) is 4.81. The average molecular weight is 441 g/mol. The number of ketones is 2. The number of carbonyl (C=O) groups excluding carboxylic acids is 2. The molecule has 0 saturated heterocycles. The van der Waals surface area contributed by atoms with E-state index in [1.54, 1.807) is 44.2 Å². The highest BCUT2D eigenvalue weighted by Crippen LogP contribution is 2.52. The van der Waals surface area contributed by atoms with Crippen molar-refractivity contribution in [2.24, 2.45) is 0 Å². The maximum atomic E-state index is 13.8. The Balaban J connectivity index is 2.03. The number of furan rings is 1. The minimum Gasteiger partial charge on any atom is -0.497 e. The van der Waals surface area contributed by atoms with Crippen molar-refractivity contribution in [1.82, 2.24) is 4.98 Å². The van der Waals surface area contributed by atoms with Crippen LogP contribution in [0.1, 0.15) is 46.0 Å². The molecule has 1 aliphatic carbocycles. The van der Waals surface area contributed by atoms with Gasteiger partial charge >= 0.3 is 7.60 Å². The Morgan fingerprint density at radius 2 is 1.65 bits per heavy atom. The summed E-state index contributed by atoms with van der Waals surface area (Å²) in [6.07, 6.45) is 1.43. The first kappa shape index (κ1) is 21.2. The number of aromatic nitrogens is 1. The molecule has 160 valence electrons. The van der Waals surface area contributed by atoms with Crippen molar-refractivity contribution in [1.29, 1.82) is 0 Å². The summed E-state index contributed by atoms with van der Waals surface area (Å²) in [4.78, 5) is 30.5. The van der Waals surface area contributed by atoms with E-state index in [1.165, 1.54) is 19.4 Å². The number of rotatable bonds is 7. The predicted molar refractivity (Wildman–Crippen MR) is 112 cm³/mol. The van der Waals surface area contributed by atoms with Crippen molar-refractivity contribution in [3.63, 3.8) is 0 Å². The average Bonchev–Trinajstić information content (AvgIpc) is 3.20. The molecule has 0 bridgehead atoms. The van der Waals surface area contributed by atoms with Gasteiger partial charge in [0.1, 0.15) is 16.7 Å². The fourth-order valence-electron chi connectivity index (χ4n) is 3.51. The molecule has 31 heavy (non-hydrogen) atoms. The minimum absolute atomic E-state index is 0.00997. The minimum atomic E-state index is -4.00. The molecule has 2 heterocycles. The van der Waals surface area contributed by atoms with E-state index in [2.05, 4.69) is 4.98 Å². The molecule has 3 aromatic rings. The number of hydrogen-bond donors (Lipinski definition) is 0. The van der Waals surface area contributed by atoms with Crippen LogP contribution in [0.15, 0.2) is 47.0 Å². The second kappa shape index (κ2) is 8.23. The van der Waals surface area contributed by atoms with Crippen molar-refractivity contribution in [2.45, 2.75) is 13.8 Å². The normalized spacial score (nSPS) is 13.1. The van der Waals surface area contributed by atoms with Gasteiger partial charge in [-0.05, 0) is 50.2 Å². The van der Waals surface area contributed by atoms with Crippen LogP contribution in [0.4, 0.5) is 0 Å². The summed E-state index contributed by atoms with van der Waals surface area (Å²) in [6.45, 7) is 3.47. The molecule has 1 aromatic carbocycles. The highest BCUT2D eigenvalue weighted by Gasteiger charge is 2.45. The zero-order valence-electron chi connectivity index (χ0n) is 17.2. The van der Waals surface area contributed by atoms with Gasteiger partial charge in [0.2, 0.25) is 5.78 Å². The molecule has 0 amide bonds. The van der Waals surface area contributed by atoms with Crippen LogP contribution in [0.5, 0.6) is 5.75 Å². The molecule has 0 aliphatic heterocycles.